The highest BCUT2D eigenvalue weighted by molar-refractivity contribution is 5.85. The Morgan fingerprint density at radius 3 is 2.67 bits per heavy atom. The van der Waals surface area contributed by atoms with E-state index in [-0.39, 0.29) is 47.7 Å². The van der Waals surface area contributed by atoms with Crippen LogP contribution < -0.4 is 9.64 Å². The van der Waals surface area contributed by atoms with E-state index in [0.717, 1.165) is 32.1 Å². The molecule has 1 aromatic carbocycles. The van der Waals surface area contributed by atoms with E-state index in [0.29, 0.717) is 34.7 Å². The van der Waals surface area contributed by atoms with Crippen molar-refractivity contribution < 1.29 is 37.1 Å². The molecule has 2 saturated heterocycles. The van der Waals surface area contributed by atoms with Crippen LogP contribution in [-0.2, 0) is 11.3 Å². The number of carboxylic acids is 1. The first kappa shape index (κ1) is 24.4. The van der Waals surface area contributed by atoms with E-state index in [1.54, 1.807) is 12.1 Å². The highest BCUT2D eigenvalue weighted by atomic mass is 19.4. The first-order chi connectivity index (χ1) is 18.8. The minimum atomic E-state index is -4.83. The zero-order valence-electron chi connectivity index (χ0n) is 20.7. The van der Waals surface area contributed by atoms with Crippen LogP contribution in [0.15, 0.2) is 41.2 Å². The molecular weight excluding hydrogens is 517 g/mol. The Morgan fingerprint density at radius 2 is 1.95 bits per heavy atom. The molecule has 4 heterocycles. The molecule has 0 radical (unpaired) electrons. The lowest BCUT2D eigenvalue weighted by atomic mass is 10.0. The van der Waals surface area contributed by atoms with Gasteiger partial charge < -0.3 is 24.0 Å². The molecule has 2 aliphatic heterocycles. The summed E-state index contributed by atoms with van der Waals surface area (Å²) in [6, 6.07) is 6.44. The molecule has 3 aromatic rings. The number of halogens is 3. The third-order valence-electron chi connectivity index (χ3n) is 8.37. The number of hydrogen-bond donors (Lipinski definition) is 1. The van der Waals surface area contributed by atoms with Gasteiger partial charge in [-0.1, -0.05) is 17.3 Å². The van der Waals surface area contributed by atoms with Crippen molar-refractivity contribution in [2.75, 3.05) is 4.90 Å². The van der Waals surface area contributed by atoms with Gasteiger partial charge in [-0.25, -0.2) is 14.8 Å². The maximum atomic E-state index is 13.1. The molecule has 2 saturated carbocycles. The van der Waals surface area contributed by atoms with Gasteiger partial charge in [0.1, 0.15) is 23.0 Å². The quantitative estimate of drug-likeness (QED) is 0.412. The van der Waals surface area contributed by atoms with E-state index < -0.39 is 12.3 Å². The number of piperidine rings is 1. The topological polar surface area (TPSA) is 111 Å². The van der Waals surface area contributed by atoms with Gasteiger partial charge in [0.15, 0.2) is 5.69 Å². The van der Waals surface area contributed by atoms with Gasteiger partial charge in [-0.3, -0.25) is 0 Å². The Labute approximate surface area is 220 Å². The van der Waals surface area contributed by atoms with Crippen molar-refractivity contribution in [3.05, 3.63) is 53.7 Å². The van der Waals surface area contributed by atoms with Crippen molar-refractivity contribution >= 4 is 11.8 Å². The Morgan fingerprint density at radius 1 is 1.13 bits per heavy atom. The molecule has 5 atom stereocenters. The summed E-state index contributed by atoms with van der Waals surface area (Å²) in [5.74, 6) is 0.780. The summed E-state index contributed by atoms with van der Waals surface area (Å²) in [6.07, 6.45) is 2.83. The van der Waals surface area contributed by atoms with E-state index >= 15 is 0 Å². The molecule has 2 aliphatic carbocycles. The molecule has 0 amide bonds. The number of para-hydroxylation sites is 1. The second-order valence-electron chi connectivity index (χ2n) is 10.7. The average Bonchev–Trinajstić information content (AvgIpc) is 3.79. The number of aromatic carboxylic acids is 1. The molecule has 1 N–H and O–H groups in total. The van der Waals surface area contributed by atoms with E-state index in [9.17, 15) is 18.0 Å². The fourth-order valence-electron chi connectivity index (χ4n) is 6.55. The fourth-order valence-corrected chi connectivity index (χ4v) is 6.55. The van der Waals surface area contributed by atoms with Crippen LogP contribution in [0, 0.1) is 11.8 Å². The monoisotopic (exact) mass is 542 g/mol. The minimum absolute atomic E-state index is 0.00511. The fraction of sp³-hybridized carbons (Fsp3) is 0.481. The van der Waals surface area contributed by atoms with Crippen molar-refractivity contribution in [1.82, 2.24) is 15.1 Å². The van der Waals surface area contributed by atoms with Gasteiger partial charge >= 0.3 is 12.3 Å². The second kappa shape index (κ2) is 8.94. The summed E-state index contributed by atoms with van der Waals surface area (Å²) in [4.78, 5) is 21.8. The van der Waals surface area contributed by atoms with E-state index in [4.69, 9.17) is 14.4 Å². The van der Waals surface area contributed by atoms with Crippen LogP contribution in [-0.4, -0.2) is 50.8 Å². The van der Waals surface area contributed by atoms with Gasteiger partial charge in [0.2, 0.25) is 0 Å². The zero-order chi connectivity index (χ0) is 26.9. The van der Waals surface area contributed by atoms with Gasteiger partial charge in [0.25, 0.3) is 0 Å². The Hall–Kier alpha value is -3.67. The normalized spacial score (nSPS) is 27.4. The van der Waals surface area contributed by atoms with Crippen LogP contribution in [0.4, 0.5) is 19.0 Å². The van der Waals surface area contributed by atoms with Crippen LogP contribution in [0.25, 0.3) is 11.3 Å². The Balaban J connectivity index is 1.11. The maximum absolute atomic E-state index is 13.1. The van der Waals surface area contributed by atoms with Crippen LogP contribution in [0.2, 0.25) is 0 Å². The molecule has 5 unspecified atom stereocenters. The van der Waals surface area contributed by atoms with Crippen molar-refractivity contribution in [2.45, 2.75) is 69.2 Å². The van der Waals surface area contributed by atoms with Crippen LogP contribution >= 0.6 is 0 Å². The molecule has 2 aromatic heterocycles. The summed E-state index contributed by atoms with van der Waals surface area (Å²) in [7, 11) is 0. The lowest BCUT2D eigenvalue weighted by Gasteiger charge is -2.34. The smallest absolute Gasteiger partial charge is 0.476 e. The molecule has 4 aliphatic rings. The summed E-state index contributed by atoms with van der Waals surface area (Å²) in [5, 5.41) is 13.3. The molecule has 0 spiro atoms. The lowest BCUT2D eigenvalue weighted by Crippen LogP contribution is -2.42. The molecule has 7 rings (SSSR count). The number of fused-ring (bicyclic) bond motifs is 4. The van der Waals surface area contributed by atoms with Crippen molar-refractivity contribution in [2.24, 2.45) is 11.8 Å². The van der Waals surface area contributed by atoms with Crippen molar-refractivity contribution in [3.63, 3.8) is 0 Å². The number of carbonyl (C=O) groups is 1. The summed E-state index contributed by atoms with van der Waals surface area (Å²) in [6.45, 7) is 0.188. The van der Waals surface area contributed by atoms with Gasteiger partial charge in [-0.2, -0.15) is 0 Å². The first-order valence-electron chi connectivity index (χ1n) is 13.1. The number of nitrogens with zero attached hydrogens (tertiary/aromatic N) is 4. The van der Waals surface area contributed by atoms with E-state index in [1.807, 2.05) is 0 Å². The summed E-state index contributed by atoms with van der Waals surface area (Å²) < 4.78 is 55.6. The van der Waals surface area contributed by atoms with Gasteiger partial charge in [-0.15, -0.1) is 13.2 Å². The third kappa shape index (κ3) is 4.40. The number of benzene rings is 1. The molecular formula is C27H25F3N4O5. The van der Waals surface area contributed by atoms with Crippen molar-refractivity contribution in [1.29, 1.82) is 0 Å². The van der Waals surface area contributed by atoms with Gasteiger partial charge in [0, 0.05) is 35.0 Å². The van der Waals surface area contributed by atoms with Gasteiger partial charge in [0.05, 0.1) is 25.1 Å². The number of rotatable bonds is 8. The zero-order valence-corrected chi connectivity index (χ0v) is 20.7. The van der Waals surface area contributed by atoms with Crippen LogP contribution in [0.5, 0.6) is 5.75 Å². The van der Waals surface area contributed by atoms with E-state index in [1.165, 1.54) is 24.5 Å². The average molecular weight is 543 g/mol. The lowest BCUT2D eigenvalue weighted by molar-refractivity contribution is -0.274. The number of aromatic nitrogens is 3. The van der Waals surface area contributed by atoms with E-state index in [2.05, 4.69) is 24.8 Å². The predicted molar refractivity (Wildman–Crippen MR) is 129 cm³/mol. The summed E-state index contributed by atoms with van der Waals surface area (Å²) in [5.41, 5.74) is 1.12. The molecule has 9 nitrogen and oxygen atoms in total. The number of carboxylic acid groups (broad SMARTS) is 1. The molecule has 4 fully saturated rings. The number of alkyl halides is 3. The summed E-state index contributed by atoms with van der Waals surface area (Å²) >= 11 is 0. The van der Waals surface area contributed by atoms with Crippen molar-refractivity contribution in [3.8, 4) is 17.0 Å². The molecule has 12 heteroatoms. The highest BCUT2D eigenvalue weighted by Gasteiger charge is 2.63. The maximum Gasteiger partial charge on any atom is 0.573 e. The highest BCUT2D eigenvalue weighted by Crippen LogP contribution is 2.58. The number of ether oxygens (including phenoxy) is 2. The second-order valence-corrected chi connectivity index (χ2v) is 10.7. The third-order valence-corrected chi connectivity index (χ3v) is 8.37. The first-order valence-corrected chi connectivity index (χ1v) is 13.1. The Bertz CT molecular complexity index is 1410. The number of anilines is 1. The molecule has 39 heavy (non-hydrogen) atoms. The van der Waals surface area contributed by atoms with Crippen LogP contribution in [0.3, 0.4) is 0 Å². The number of hydrogen-bond acceptors (Lipinski definition) is 8. The minimum Gasteiger partial charge on any atom is -0.476 e. The molecule has 204 valence electrons. The predicted octanol–water partition coefficient (Wildman–Crippen LogP) is 5.18. The standard InChI is InChI=1S/C27H25F3N4O5/c28-27(29,30)38-20-4-2-1-3-15(20)23-17(24(39-33-23)13-5-6-13)12-37-25-16-9-14-7-8-19(22(16)25)34(14)21-11-31-18(10-32-21)26(35)36/h1-4,10-11,13-14,16,19,22,25H,5-9,12H2,(H,35,36). The Kier molecular flexibility index (Phi) is 5.58. The molecule has 2 bridgehead atoms. The largest absolute Gasteiger partial charge is 0.573 e. The van der Waals surface area contributed by atoms with Crippen LogP contribution in [0.1, 0.15) is 59.8 Å². The SMILES string of the molecule is O=C(O)c1cnc(N2C3CCC2C2C(C3)C2OCc2c(-c3ccccc3OC(F)(F)F)noc2C2CC2)cn1. The van der Waals surface area contributed by atoms with Gasteiger partial charge in [-0.05, 0) is 50.2 Å².